The molecule has 2 aromatic rings. The van der Waals surface area contributed by atoms with E-state index in [0.29, 0.717) is 11.6 Å². The summed E-state index contributed by atoms with van der Waals surface area (Å²) in [7, 11) is 0. The lowest BCUT2D eigenvalue weighted by Gasteiger charge is -1.99. The number of rotatable bonds is 4. The summed E-state index contributed by atoms with van der Waals surface area (Å²) in [5.74, 6) is 0.0477. The summed E-state index contributed by atoms with van der Waals surface area (Å²) in [5.41, 5.74) is 1.72. The first-order chi connectivity index (χ1) is 8.95. The average molecular weight is 262 g/mol. The van der Waals surface area contributed by atoms with E-state index in [9.17, 15) is 9.59 Å². The number of ether oxygens (including phenoxy) is 1. The Morgan fingerprint density at radius 3 is 2.74 bits per heavy atom. The number of Topliss-reactive ketones (excluding diaryl/α,β-unsaturated/α-hetero) is 1. The van der Waals surface area contributed by atoms with Crippen LogP contribution < -0.4 is 0 Å². The fourth-order valence-electron chi connectivity index (χ4n) is 1.64. The predicted molar refractivity (Wildman–Crippen MR) is 65.6 cm³/mol. The standard InChI is InChI=1S/C12H14N4O3/c1-7-4-8(2)16-12(13-7)14-10(15-16)5-11(18)19-6-9(3)17/h4H,5-6H2,1-3H3. The minimum Gasteiger partial charge on any atom is -0.457 e. The lowest BCUT2D eigenvalue weighted by atomic mass is 10.4. The van der Waals surface area contributed by atoms with Crippen molar-refractivity contribution in [2.24, 2.45) is 0 Å². The molecule has 2 rings (SSSR count). The van der Waals surface area contributed by atoms with Gasteiger partial charge in [0.15, 0.2) is 11.6 Å². The van der Waals surface area contributed by atoms with Crippen molar-refractivity contribution in [1.29, 1.82) is 0 Å². The Bertz CT molecular complexity index is 648. The Hall–Kier alpha value is -2.31. The monoisotopic (exact) mass is 262 g/mol. The van der Waals surface area contributed by atoms with E-state index in [-0.39, 0.29) is 18.8 Å². The van der Waals surface area contributed by atoms with E-state index in [4.69, 9.17) is 4.74 Å². The molecule has 7 heteroatoms. The van der Waals surface area contributed by atoms with Gasteiger partial charge in [0.1, 0.15) is 13.0 Å². The second-order valence-corrected chi connectivity index (χ2v) is 4.32. The van der Waals surface area contributed by atoms with Gasteiger partial charge in [-0.25, -0.2) is 9.50 Å². The van der Waals surface area contributed by atoms with Gasteiger partial charge in [-0.05, 0) is 26.8 Å². The topological polar surface area (TPSA) is 86.5 Å². The molecule has 0 amide bonds. The zero-order chi connectivity index (χ0) is 14.0. The van der Waals surface area contributed by atoms with Crippen LogP contribution in [0.5, 0.6) is 0 Å². The highest BCUT2D eigenvalue weighted by Crippen LogP contribution is 2.06. The van der Waals surface area contributed by atoms with Crippen molar-refractivity contribution in [1.82, 2.24) is 19.6 Å². The summed E-state index contributed by atoms with van der Waals surface area (Å²) in [4.78, 5) is 30.5. The van der Waals surface area contributed by atoms with E-state index in [1.807, 2.05) is 19.9 Å². The molecule has 2 heterocycles. The maximum atomic E-state index is 11.5. The molecule has 0 saturated carbocycles. The number of carbonyl (C=O) groups is 2. The van der Waals surface area contributed by atoms with E-state index < -0.39 is 5.97 Å². The normalized spacial score (nSPS) is 10.7. The van der Waals surface area contributed by atoms with Crippen LogP contribution in [0.2, 0.25) is 0 Å². The molecule has 0 atom stereocenters. The Morgan fingerprint density at radius 2 is 2.05 bits per heavy atom. The molecule has 0 aromatic carbocycles. The molecule has 0 bridgehead atoms. The fraction of sp³-hybridized carbons (Fsp3) is 0.417. The summed E-state index contributed by atoms with van der Waals surface area (Å²) >= 11 is 0. The second kappa shape index (κ2) is 5.13. The third kappa shape index (κ3) is 3.12. The van der Waals surface area contributed by atoms with Crippen LogP contribution in [0.25, 0.3) is 5.78 Å². The molecular formula is C12H14N4O3. The molecule has 0 spiro atoms. The van der Waals surface area contributed by atoms with Gasteiger partial charge in [-0.15, -0.1) is 5.10 Å². The molecule has 0 aliphatic heterocycles. The lowest BCUT2D eigenvalue weighted by Crippen LogP contribution is -2.14. The smallest absolute Gasteiger partial charge is 0.314 e. The maximum Gasteiger partial charge on any atom is 0.314 e. The number of hydrogen-bond acceptors (Lipinski definition) is 6. The number of ketones is 1. The van der Waals surface area contributed by atoms with Crippen LogP contribution in [-0.2, 0) is 20.7 Å². The quantitative estimate of drug-likeness (QED) is 0.742. The number of aromatic nitrogens is 4. The SMILES string of the molecule is CC(=O)COC(=O)Cc1nc2nc(C)cc(C)n2n1. The Morgan fingerprint density at radius 1 is 1.32 bits per heavy atom. The number of esters is 1. The van der Waals surface area contributed by atoms with Gasteiger partial charge in [0.2, 0.25) is 0 Å². The number of hydrogen-bond donors (Lipinski definition) is 0. The molecule has 19 heavy (non-hydrogen) atoms. The van der Waals surface area contributed by atoms with E-state index in [1.54, 1.807) is 4.52 Å². The number of aryl methyl sites for hydroxylation is 2. The molecule has 7 nitrogen and oxygen atoms in total. The highest BCUT2D eigenvalue weighted by Gasteiger charge is 2.13. The van der Waals surface area contributed by atoms with Crippen LogP contribution >= 0.6 is 0 Å². The maximum absolute atomic E-state index is 11.5. The highest BCUT2D eigenvalue weighted by molar-refractivity contribution is 5.80. The Balaban J connectivity index is 2.15. The van der Waals surface area contributed by atoms with Crippen LogP contribution in [0.3, 0.4) is 0 Å². The van der Waals surface area contributed by atoms with Crippen LogP contribution in [0.1, 0.15) is 24.1 Å². The molecule has 0 saturated heterocycles. The van der Waals surface area contributed by atoms with Gasteiger partial charge >= 0.3 is 5.97 Å². The average Bonchev–Trinajstić information content (AvgIpc) is 2.69. The fourth-order valence-corrected chi connectivity index (χ4v) is 1.64. The first-order valence-corrected chi connectivity index (χ1v) is 5.80. The van der Waals surface area contributed by atoms with Gasteiger partial charge in [-0.1, -0.05) is 0 Å². The van der Waals surface area contributed by atoms with Crippen molar-refractivity contribution in [2.75, 3.05) is 6.61 Å². The first-order valence-electron chi connectivity index (χ1n) is 5.80. The largest absolute Gasteiger partial charge is 0.457 e. The Kier molecular flexibility index (Phi) is 3.55. The first kappa shape index (κ1) is 13.1. The molecule has 0 unspecified atom stereocenters. The Labute approximate surface area is 109 Å². The molecule has 2 aromatic heterocycles. The number of fused-ring (bicyclic) bond motifs is 1. The van der Waals surface area contributed by atoms with Crippen LogP contribution in [0, 0.1) is 13.8 Å². The lowest BCUT2D eigenvalue weighted by molar-refractivity contribution is -0.146. The predicted octanol–water partition coefficient (Wildman–Crippen LogP) is 0.416. The van der Waals surface area contributed by atoms with Gasteiger partial charge in [0.25, 0.3) is 5.78 Å². The summed E-state index contributed by atoms with van der Waals surface area (Å²) in [6.45, 7) is 4.88. The minimum absolute atomic E-state index is 0.0743. The number of nitrogens with zero attached hydrogens (tertiary/aromatic N) is 4. The van der Waals surface area contributed by atoms with Crippen molar-refractivity contribution in [2.45, 2.75) is 27.2 Å². The molecule has 0 aliphatic rings. The molecular weight excluding hydrogens is 248 g/mol. The minimum atomic E-state index is -0.527. The van der Waals surface area contributed by atoms with Gasteiger partial charge in [0.05, 0.1) is 0 Å². The molecule has 0 radical (unpaired) electrons. The van der Waals surface area contributed by atoms with E-state index in [0.717, 1.165) is 11.4 Å². The van der Waals surface area contributed by atoms with E-state index >= 15 is 0 Å². The second-order valence-electron chi connectivity index (χ2n) is 4.32. The highest BCUT2D eigenvalue weighted by atomic mass is 16.5. The van der Waals surface area contributed by atoms with Crippen LogP contribution in [0.4, 0.5) is 0 Å². The summed E-state index contributed by atoms with van der Waals surface area (Å²) < 4.78 is 6.33. The van der Waals surface area contributed by atoms with Crippen molar-refractivity contribution in [3.63, 3.8) is 0 Å². The van der Waals surface area contributed by atoms with Crippen molar-refractivity contribution < 1.29 is 14.3 Å². The molecule has 0 aliphatic carbocycles. The van der Waals surface area contributed by atoms with E-state index in [1.165, 1.54) is 6.92 Å². The third-order valence-corrected chi connectivity index (χ3v) is 2.40. The van der Waals surface area contributed by atoms with Gasteiger partial charge in [0, 0.05) is 11.4 Å². The van der Waals surface area contributed by atoms with Gasteiger partial charge < -0.3 is 4.74 Å². The summed E-state index contributed by atoms with van der Waals surface area (Å²) in [6.07, 6.45) is -0.0743. The summed E-state index contributed by atoms with van der Waals surface area (Å²) in [6, 6.07) is 1.87. The molecule has 0 fully saturated rings. The van der Waals surface area contributed by atoms with Crippen LogP contribution in [-0.4, -0.2) is 37.9 Å². The van der Waals surface area contributed by atoms with Crippen molar-refractivity contribution >= 4 is 17.5 Å². The molecule has 100 valence electrons. The summed E-state index contributed by atoms with van der Waals surface area (Å²) in [5, 5.41) is 4.18. The zero-order valence-corrected chi connectivity index (χ0v) is 11.0. The third-order valence-electron chi connectivity index (χ3n) is 2.40. The van der Waals surface area contributed by atoms with Gasteiger partial charge in [-0.2, -0.15) is 4.98 Å². The number of carbonyl (C=O) groups excluding carboxylic acids is 2. The zero-order valence-electron chi connectivity index (χ0n) is 11.0. The van der Waals surface area contributed by atoms with Gasteiger partial charge in [-0.3, -0.25) is 9.59 Å². The van der Waals surface area contributed by atoms with Crippen LogP contribution in [0.15, 0.2) is 6.07 Å². The van der Waals surface area contributed by atoms with E-state index in [2.05, 4.69) is 15.1 Å². The molecule has 0 N–H and O–H groups in total. The van der Waals surface area contributed by atoms with Crippen molar-refractivity contribution in [3.05, 3.63) is 23.3 Å². The van der Waals surface area contributed by atoms with Crippen molar-refractivity contribution in [3.8, 4) is 0 Å².